The topological polar surface area (TPSA) is 89.6 Å². The number of carboxylic acid groups (broad SMARTS) is 1. The van der Waals surface area contributed by atoms with Crippen molar-refractivity contribution in [2.24, 2.45) is 7.05 Å². The molecule has 0 unspecified atom stereocenters. The minimum absolute atomic E-state index is 0.238. The van der Waals surface area contributed by atoms with E-state index >= 15 is 0 Å². The molecule has 0 spiro atoms. The number of carbonyl (C=O) groups is 1. The summed E-state index contributed by atoms with van der Waals surface area (Å²) in [6, 6.07) is 16.7. The van der Waals surface area contributed by atoms with Gasteiger partial charge in [-0.25, -0.2) is 9.78 Å². The molecule has 0 fully saturated rings. The summed E-state index contributed by atoms with van der Waals surface area (Å²) in [5.41, 5.74) is 3.58. The molecule has 0 saturated carbocycles. The molecule has 162 valence electrons. The first-order chi connectivity index (χ1) is 15.5. The van der Waals surface area contributed by atoms with Gasteiger partial charge in [-0.05, 0) is 23.8 Å². The third kappa shape index (κ3) is 3.49. The number of hydrogen-bond donors (Lipinski definition) is 1. The number of ether oxygens (including phenoxy) is 1. The Balaban J connectivity index is 1.44. The van der Waals surface area contributed by atoms with Crippen LogP contribution >= 0.6 is 0 Å². The molecule has 32 heavy (non-hydrogen) atoms. The number of aromatic nitrogens is 3. The quantitative estimate of drug-likeness (QED) is 0.536. The van der Waals surface area contributed by atoms with Crippen molar-refractivity contribution < 1.29 is 14.6 Å². The number of pyridine rings is 2. The van der Waals surface area contributed by atoms with Crippen LogP contribution in [0.25, 0.3) is 16.9 Å². The summed E-state index contributed by atoms with van der Waals surface area (Å²) in [6.07, 6.45) is 1.38. The Morgan fingerprint density at radius 1 is 1.16 bits per heavy atom. The van der Waals surface area contributed by atoms with Crippen LogP contribution < -0.4 is 10.3 Å². The van der Waals surface area contributed by atoms with Crippen LogP contribution in [0.1, 0.15) is 16.8 Å². The zero-order valence-corrected chi connectivity index (χ0v) is 17.6. The van der Waals surface area contributed by atoms with E-state index in [1.54, 1.807) is 18.3 Å². The standard InChI is InChI=1S/C24H22N4O4/c1-26-20-10-11-27(24(30)31)14-19(20)18-7-8-21(25-23(18)26)28-12-9-17(13-22(28)29)32-15-16-5-3-2-4-6-16/h2-9,12-13H,10-11,14-15H2,1H3,(H,30,31). The van der Waals surface area contributed by atoms with Gasteiger partial charge in [0.15, 0.2) is 0 Å². The Kier molecular flexibility index (Phi) is 4.89. The van der Waals surface area contributed by atoms with Crippen molar-refractivity contribution in [2.75, 3.05) is 6.54 Å². The molecule has 8 heteroatoms. The lowest BCUT2D eigenvalue weighted by Crippen LogP contribution is -2.34. The molecule has 1 aromatic carbocycles. The minimum atomic E-state index is -0.918. The highest BCUT2D eigenvalue weighted by molar-refractivity contribution is 5.84. The Bertz CT molecular complexity index is 1370. The van der Waals surface area contributed by atoms with Crippen LogP contribution in [0.15, 0.2) is 65.6 Å². The average molecular weight is 430 g/mol. The van der Waals surface area contributed by atoms with E-state index in [2.05, 4.69) is 0 Å². The summed E-state index contributed by atoms with van der Waals surface area (Å²) in [6.45, 7) is 1.19. The van der Waals surface area contributed by atoms with Gasteiger partial charge in [0.25, 0.3) is 5.56 Å². The number of fused-ring (bicyclic) bond motifs is 3. The average Bonchev–Trinajstić information content (AvgIpc) is 3.09. The van der Waals surface area contributed by atoms with Gasteiger partial charge in [0, 0.05) is 48.9 Å². The maximum atomic E-state index is 12.7. The highest BCUT2D eigenvalue weighted by Gasteiger charge is 2.26. The number of nitrogens with zero attached hydrogens (tertiary/aromatic N) is 4. The van der Waals surface area contributed by atoms with Crippen LogP contribution in [0.4, 0.5) is 4.79 Å². The first-order valence-corrected chi connectivity index (χ1v) is 10.4. The lowest BCUT2D eigenvalue weighted by molar-refractivity contribution is 0.139. The van der Waals surface area contributed by atoms with E-state index in [-0.39, 0.29) is 5.56 Å². The SMILES string of the molecule is Cn1c2c(c3ccc(-n4ccc(OCc5ccccc5)cc4=O)nc31)CN(C(=O)O)CC2. The highest BCUT2D eigenvalue weighted by atomic mass is 16.5. The fourth-order valence-corrected chi connectivity index (χ4v) is 4.20. The monoisotopic (exact) mass is 430 g/mol. The molecule has 4 heterocycles. The zero-order valence-electron chi connectivity index (χ0n) is 17.6. The van der Waals surface area contributed by atoms with Crippen molar-refractivity contribution in [1.82, 2.24) is 19.0 Å². The number of rotatable bonds is 4. The van der Waals surface area contributed by atoms with Crippen molar-refractivity contribution in [3.8, 4) is 11.6 Å². The van der Waals surface area contributed by atoms with Gasteiger partial charge in [-0.1, -0.05) is 30.3 Å². The molecule has 1 amide bonds. The van der Waals surface area contributed by atoms with Gasteiger partial charge in [0.2, 0.25) is 0 Å². The first kappa shape index (κ1) is 19.9. The molecule has 4 aromatic rings. The molecule has 1 aliphatic rings. The Labute approximate surface area is 183 Å². The van der Waals surface area contributed by atoms with E-state index in [1.165, 1.54) is 15.5 Å². The molecule has 1 N–H and O–H groups in total. The third-order valence-corrected chi connectivity index (χ3v) is 5.88. The summed E-state index contributed by atoms with van der Waals surface area (Å²) in [5.74, 6) is 1.00. The fraction of sp³-hybridized carbons (Fsp3) is 0.208. The van der Waals surface area contributed by atoms with Crippen LogP contribution in [-0.2, 0) is 26.6 Å². The molecular formula is C24H22N4O4. The Hall–Kier alpha value is -4.07. The highest BCUT2D eigenvalue weighted by Crippen LogP contribution is 2.30. The van der Waals surface area contributed by atoms with Crippen LogP contribution in [0.5, 0.6) is 5.75 Å². The Morgan fingerprint density at radius 2 is 1.97 bits per heavy atom. The van der Waals surface area contributed by atoms with Gasteiger partial charge >= 0.3 is 6.09 Å². The predicted octanol–water partition coefficient (Wildman–Crippen LogP) is 3.34. The van der Waals surface area contributed by atoms with Crippen LogP contribution in [0.2, 0.25) is 0 Å². The van der Waals surface area contributed by atoms with E-state index in [9.17, 15) is 14.7 Å². The molecule has 0 saturated heterocycles. The van der Waals surface area contributed by atoms with E-state index < -0.39 is 6.09 Å². The molecule has 0 bridgehead atoms. The number of aryl methyl sites for hydroxylation is 1. The molecule has 0 aliphatic carbocycles. The van der Waals surface area contributed by atoms with Gasteiger partial charge < -0.3 is 19.3 Å². The third-order valence-electron chi connectivity index (χ3n) is 5.88. The van der Waals surface area contributed by atoms with E-state index in [0.717, 1.165) is 27.9 Å². The normalized spacial score (nSPS) is 13.2. The molecule has 3 aromatic heterocycles. The predicted molar refractivity (Wildman–Crippen MR) is 119 cm³/mol. The largest absolute Gasteiger partial charge is 0.489 e. The van der Waals surface area contributed by atoms with E-state index in [0.29, 0.717) is 37.7 Å². The van der Waals surface area contributed by atoms with E-state index in [1.807, 2.05) is 48.0 Å². The molecular weight excluding hydrogens is 408 g/mol. The van der Waals surface area contributed by atoms with Crippen molar-refractivity contribution in [3.05, 3.63) is 88.0 Å². The fourth-order valence-electron chi connectivity index (χ4n) is 4.20. The van der Waals surface area contributed by atoms with Crippen LogP contribution in [0, 0.1) is 0 Å². The zero-order chi connectivity index (χ0) is 22.2. The summed E-state index contributed by atoms with van der Waals surface area (Å²) in [7, 11) is 1.93. The van der Waals surface area contributed by atoms with Crippen LogP contribution in [-0.4, -0.2) is 36.8 Å². The maximum absolute atomic E-state index is 12.7. The smallest absolute Gasteiger partial charge is 0.407 e. The second-order valence-electron chi connectivity index (χ2n) is 7.82. The van der Waals surface area contributed by atoms with Gasteiger partial charge in [-0.15, -0.1) is 0 Å². The van der Waals surface area contributed by atoms with Gasteiger partial charge in [-0.2, -0.15) is 0 Å². The molecule has 8 nitrogen and oxygen atoms in total. The second-order valence-corrected chi connectivity index (χ2v) is 7.82. The summed E-state index contributed by atoms with van der Waals surface area (Å²) in [5, 5.41) is 10.3. The minimum Gasteiger partial charge on any atom is -0.489 e. The van der Waals surface area contributed by atoms with Crippen molar-refractivity contribution >= 4 is 17.1 Å². The lowest BCUT2D eigenvalue weighted by Gasteiger charge is -2.25. The van der Waals surface area contributed by atoms with Crippen LogP contribution in [0.3, 0.4) is 0 Å². The van der Waals surface area contributed by atoms with E-state index in [4.69, 9.17) is 9.72 Å². The molecule has 0 atom stereocenters. The van der Waals surface area contributed by atoms with Crippen molar-refractivity contribution in [1.29, 1.82) is 0 Å². The summed E-state index contributed by atoms with van der Waals surface area (Å²) >= 11 is 0. The van der Waals surface area contributed by atoms with Gasteiger partial charge in [-0.3, -0.25) is 9.36 Å². The van der Waals surface area contributed by atoms with Gasteiger partial charge in [0.1, 0.15) is 23.8 Å². The first-order valence-electron chi connectivity index (χ1n) is 10.4. The number of hydrogen-bond acceptors (Lipinski definition) is 4. The number of amides is 1. The Morgan fingerprint density at radius 3 is 2.72 bits per heavy atom. The summed E-state index contributed by atoms with van der Waals surface area (Å²) < 4.78 is 9.22. The van der Waals surface area contributed by atoms with Crippen molar-refractivity contribution in [2.45, 2.75) is 19.6 Å². The second kappa shape index (κ2) is 7.88. The van der Waals surface area contributed by atoms with Gasteiger partial charge in [0.05, 0.1) is 6.54 Å². The lowest BCUT2D eigenvalue weighted by atomic mass is 10.1. The molecule has 5 rings (SSSR count). The van der Waals surface area contributed by atoms with Crippen molar-refractivity contribution in [3.63, 3.8) is 0 Å². The molecule has 1 aliphatic heterocycles. The maximum Gasteiger partial charge on any atom is 0.407 e. The number of benzene rings is 1. The molecule has 0 radical (unpaired) electrons. The summed E-state index contributed by atoms with van der Waals surface area (Å²) in [4.78, 5) is 30.3.